The molecule has 6 heteroatoms. The average Bonchev–Trinajstić information content (AvgIpc) is 3.27. The number of likely N-dealkylation sites (tertiary alicyclic amines) is 1. The predicted octanol–water partition coefficient (Wildman–Crippen LogP) is 4.09. The van der Waals surface area contributed by atoms with Crippen molar-refractivity contribution in [2.24, 2.45) is 5.92 Å². The van der Waals surface area contributed by atoms with Gasteiger partial charge < -0.3 is 20.4 Å². The van der Waals surface area contributed by atoms with Gasteiger partial charge in [0.25, 0.3) is 5.91 Å². The lowest BCUT2D eigenvalue weighted by molar-refractivity contribution is 0.0948. The summed E-state index contributed by atoms with van der Waals surface area (Å²) in [6.45, 7) is 7.82. The fourth-order valence-corrected chi connectivity index (χ4v) is 6.52. The molecular weight excluding hydrogens is 404 g/mol. The van der Waals surface area contributed by atoms with Gasteiger partial charge in [-0.05, 0) is 94.2 Å². The summed E-state index contributed by atoms with van der Waals surface area (Å²) in [4.78, 5) is 18.8. The molecule has 0 bridgehead atoms. The van der Waals surface area contributed by atoms with Crippen LogP contribution < -0.4 is 15.5 Å². The molecule has 2 aromatic rings. The molecule has 0 saturated carbocycles. The van der Waals surface area contributed by atoms with Gasteiger partial charge in [0.15, 0.2) is 0 Å². The molecule has 0 aliphatic carbocycles. The monoisotopic (exact) mass is 440 g/mol. The number of benzene rings is 1. The molecule has 1 amide bonds. The Hall–Kier alpha value is -1.63. The fraction of sp³-hybridized carbons (Fsp3) is 0.640. The van der Waals surface area contributed by atoms with Gasteiger partial charge in [0.1, 0.15) is 0 Å². The minimum absolute atomic E-state index is 0.0867. The van der Waals surface area contributed by atoms with Crippen LogP contribution in [-0.4, -0.2) is 62.7 Å². The number of thiophene rings is 1. The third-order valence-electron chi connectivity index (χ3n) is 7.47. The number of carbonyl (C=O) groups excluding carboxylic acids is 1. The number of nitrogens with one attached hydrogen (secondary N) is 2. The van der Waals surface area contributed by atoms with Crippen LogP contribution >= 0.6 is 11.3 Å². The van der Waals surface area contributed by atoms with Crippen LogP contribution in [0.1, 0.15) is 54.6 Å². The summed E-state index contributed by atoms with van der Waals surface area (Å²) in [5, 5.41) is 7.74. The Morgan fingerprint density at radius 3 is 2.55 bits per heavy atom. The normalized spacial score (nSPS) is 22.1. The third kappa shape index (κ3) is 5.07. The molecule has 31 heavy (non-hydrogen) atoms. The maximum absolute atomic E-state index is 12.7. The summed E-state index contributed by atoms with van der Waals surface area (Å²) in [5.41, 5.74) is 1.31. The van der Waals surface area contributed by atoms with Gasteiger partial charge in [-0.15, -0.1) is 11.3 Å². The van der Waals surface area contributed by atoms with Gasteiger partial charge in [-0.25, -0.2) is 0 Å². The second-order valence-electron chi connectivity index (χ2n) is 9.55. The van der Waals surface area contributed by atoms with Crippen LogP contribution in [0.4, 0.5) is 5.69 Å². The van der Waals surface area contributed by atoms with E-state index < -0.39 is 0 Å². The van der Waals surface area contributed by atoms with Crippen LogP contribution in [0.15, 0.2) is 24.3 Å². The molecule has 1 aromatic heterocycles. The topological polar surface area (TPSA) is 47.6 Å². The lowest BCUT2D eigenvalue weighted by atomic mass is 9.98. The van der Waals surface area contributed by atoms with Crippen LogP contribution in [0.2, 0.25) is 0 Å². The Morgan fingerprint density at radius 1 is 1.00 bits per heavy atom. The minimum atomic E-state index is 0.0867. The maximum atomic E-state index is 12.7. The van der Waals surface area contributed by atoms with Gasteiger partial charge >= 0.3 is 0 Å². The van der Waals surface area contributed by atoms with Crippen molar-refractivity contribution in [1.82, 2.24) is 15.5 Å². The van der Waals surface area contributed by atoms with Crippen LogP contribution in [0.3, 0.4) is 0 Å². The maximum Gasteiger partial charge on any atom is 0.261 e. The number of carbonyl (C=O) groups is 1. The van der Waals surface area contributed by atoms with E-state index in [-0.39, 0.29) is 5.91 Å². The van der Waals surface area contributed by atoms with E-state index >= 15 is 0 Å². The van der Waals surface area contributed by atoms with E-state index in [0.29, 0.717) is 5.92 Å². The zero-order chi connectivity index (χ0) is 21.0. The summed E-state index contributed by atoms with van der Waals surface area (Å²) in [5.74, 6) is 0.697. The molecule has 0 radical (unpaired) electrons. The molecule has 3 fully saturated rings. The van der Waals surface area contributed by atoms with Gasteiger partial charge in [-0.3, -0.25) is 4.79 Å². The number of anilines is 1. The summed E-state index contributed by atoms with van der Waals surface area (Å²) in [6, 6.07) is 9.57. The summed E-state index contributed by atoms with van der Waals surface area (Å²) in [7, 11) is 0. The molecule has 4 heterocycles. The number of rotatable bonds is 5. The summed E-state index contributed by atoms with van der Waals surface area (Å²) >= 11 is 1.63. The number of nitrogens with zero attached hydrogens (tertiary/aromatic N) is 2. The molecule has 0 unspecified atom stereocenters. The highest BCUT2D eigenvalue weighted by Gasteiger charge is 2.26. The van der Waals surface area contributed by atoms with Crippen molar-refractivity contribution in [2.75, 3.05) is 50.7 Å². The zero-order valence-electron chi connectivity index (χ0n) is 18.6. The highest BCUT2D eigenvalue weighted by atomic mass is 32.1. The van der Waals surface area contributed by atoms with E-state index in [9.17, 15) is 4.79 Å². The second kappa shape index (κ2) is 9.88. The minimum Gasteiger partial charge on any atom is -0.371 e. The van der Waals surface area contributed by atoms with E-state index in [1.165, 1.54) is 61.0 Å². The Kier molecular flexibility index (Phi) is 6.77. The molecule has 3 aliphatic rings. The SMILES string of the molecule is O=C(NCC1CCNCC1)c1cc2ccc(N3CCC(N4CCCCC4)CC3)cc2s1. The first-order valence-corrected chi connectivity index (χ1v) is 13.1. The van der Waals surface area contributed by atoms with Crippen molar-refractivity contribution in [3.05, 3.63) is 29.1 Å². The predicted molar refractivity (Wildman–Crippen MR) is 130 cm³/mol. The highest BCUT2D eigenvalue weighted by Crippen LogP contribution is 2.32. The molecule has 1 aromatic carbocycles. The smallest absolute Gasteiger partial charge is 0.261 e. The summed E-state index contributed by atoms with van der Waals surface area (Å²) in [6.07, 6.45) is 9.02. The molecule has 0 atom stereocenters. The number of hydrogen-bond donors (Lipinski definition) is 2. The fourth-order valence-electron chi connectivity index (χ4n) is 5.51. The molecule has 5 nitrogen and oxygen atoms in total. The largest absolute Gasteiger partial charge is 0.371 e. The lowest BCUT2D eigenvalue weighted by Gasteiger charge is -2.41. The summed E-state index contributed by atoms with van der Waals surface area (Å²) < 4.78 is 1.22. The van der Waals surface area contributed by atoms with Gasteiger partial charge in [0, 0.05) is 36.1 Å². The molecule has 2 N–H and O–H groups in total. The number of amides is 1. The molecule has 168 valence electrons. The van der Waals surface area contributed by atoms with E-state index in [1.807, 2.05) is 0 Å². The van der Waals surface area contributed by atoms with E-state index in [1.54, 1.807) is 11.3 Å². The van der Waals surface area contributed by atoms with Crippen LogP contribution in [0.5, 0.6) is 0 Å². The quantitative estimate of drug-likeness (QED) is 0.735. The van der Waals surface area contributed by atoms with Crippen molar-refractivity contribution >= 4 is 33.0 Å². The van der Waals surface area contributed by atoms with Gasteiger partial charge in [0.05, 0.1) is 4.88 Å². The third-order valence-corrected chi connectivity index (χ3v) is 8.57. The molecule has 0 spiro atoms. The molecule has 3 saturated heterocycles. The number of hydrogen-bond acceptors (Lipinski definition) is 5. The Morgan fingerprint density at radius 2 is 1.77 bits per heavy atom. The first-order valence-electron chi connectivity index (χ1n) is 12.3. The molecule has 5 rings (SSSR count). The first kappa shape index (κ1) is 21.2. The number of fused-ring (bicyclic) bond motifs is 1. The molecular formula is C25H36N4OS. The van der Waals surface area contributed by atoms with Crippen LogP contribution in [0, 0.1) is 5.92 Å². The van der Waals surface area contributed by atoms with Gasteiger partial charge in [-0.1, -0.05) is 12.5 Å². The first-order chi connectivity index (χ1) is 15.3. The average molecular weight is 441 g/mol. The van der Waals surface area contributed by atoms with Crippen molar-refractivity contribution in [1.29, 1.82) is 0 Å². The lowest BCUT2D eigenvalue weighted by Crippen LogP contribution is -2.46. The Bertz CT molecular complexity index is 877. The van der Waals surface area contributed by atoms with Crippen molar-refractivity contribution in [3.63, 3.8) is 0 Å². The van der Waals surface area contributed by atoms with Crippen LogP contribution in [-0.2, 0) is 0 Å². The second-order valence-corrected chi connectivity index (χ2v) is 10.6. The van der Waals surface area contributed by atoms with Crippen LogP contribution in [0.25, 0.3) is 10.1 Å². The Labute approximate surface area is 190 Å². The van der Waals surface area contributed by atoms with E-state index in [0.717, 1.165) is 56.5 Å². The van der Waals surface area contributed by atoms with Gasteiger partial charge in [-0.2, -0.15) is 0 Å². The standard InChI is InChI=1S/C25H36N4OS/c30-25(27-18-19-6-10-26-11-7-19)24-16-20-4-5-22(17-23(20)31-24)29-14-8-21(9-15-29)28-12-2-1-3-13-28/h4-5,16-17,19,21,26H,1-3,6-15,18H2,(H,27,30). The van der Waals surface area contributed by atoms with Crippen molar-refractivity contribution in [2.45, 2.75) is 51.0 Å². The van der Waals surface area contributed by atoms with E-state index in [2.05, 4.69) is 44.7 Å². The zero-order valence-corrected chi connectivity index (χ0v) is 19.4. The van der Waals surface area contributed by atoms with Crippen molar-refractivity contribution in [3.8, 4) is 0 Å². The Balaban J connectivity index is 1.19. The van der Waals surface area contributed by atoms with Crippen molar-refractivity contribution < 1.29 is 4.79 Å². The molecule has 3 aliphatic heterocycles. The highest BCUT2D eigenvalue weighted by molar-refractivity contribution is 7.20. The van der Waals surface area contributed by atoms with Gasteiger partial charge in [0.2, 0.25) is 0 Å². The number of piperidine rings is 3. The van der Waals surface area contributed by atoms with E-state index in [4.69, 9.17) is 0 Å².